The Labute approximate surface area is 128 Å². The SMILES string of the molecule is CCCC1CCN(C(=O)CN(C)C(=O)OC(C)(C)C)CC1. The Bertz CT molecular complexity index is 355. The summed E-state index contributed by atoms with van der Waals surface area (Å²) in [6, 6.07) is 0. The van der Waals surface area contributed by atoms with Crippen LogP contribution in [0.15, 0.2) is 0 Å². The van der Waals surface area contributed by atoms with Gasteiger partial charge in [-0.05, 0) is 39.5 Å². The number of piperidine rings is 1. The number of carbonyl (C=O) groups excluding carboxylic acids is 2. The number of rotatable bonds is 4. The molecule has 0 aliphatic carbocycles. The fourth-order valence-corrected chi connectivity index (χ4v) is 2.59. The Morgan fingerprint density at radius 3 is 2.29 bits per heavy atom. The third kappa shape index (κ3) is 6.36. The standard InChI is InChI=1S/C16H30N2O3/c1-6-7-13-8-10-18(11-9-13)14(19)12-17(5)15(20)21-16(2,3)4/h13H,6-12H2,1-5H3. The second-order valence-corrected chi connectivity index (χ2v) is 6.95. The lowest BCUT2D eigenvalue weighted by molar-refractivity contribution is -0.133. The maximum atomic E-state index is 12.2. The number of nitrogens with zero attached hydrogens (tertiary/aromatic N) is 2. The number of likely N-dealkylation sites (tertiary alicyclic amines) is 1. The molecule has 1 fully saturated rings. The number of carbonyl (C=O) groups is 2. The van der Waals surface area contributed by atoms with E-state index in [0.717, 1.165) is 31.8 Å². The molecule has 0 unspecified atom stereocenters. The largest absolute Gasteiger partial charge is 0.444 e. The Kier molecular flexibility index (Phi) is 6.49. The highest BCUT2D eigenvalue weighted by Gasteiger charge is 2.26. The summed E-state index contributed by atoms with van der Waals surface area (Å²) in [5.41, 5.74) is -0.535. The minimum Gasteiger partial charge on any atom is -0.444 e. The first-order valence-electron chi connectivity index (χ1n) is 7.95. The number of hydrogen-bond donors (Lipinski definition) is 0. The van der Waals surface area contributed by atoms with Crippen LogP contribution in [0.3, 0.4) is 0 Å². The molecule has 0 atom stereocenters. The molecular weight excluding hydrogens is 268 g/mol. The van der Waals surface area contributed by atoms with E-state index in [-0.39, 0.29) is 12.5 Å². The highest BCUT2D eigenvalue weighted by atomic mass is 16.6. The summed E-state index contributed by atoms with van der Waals surface area (Å²) >= 11 is 0. The van der Waals surface area contributed by atoms with Gasteiger partial charge in [-0.2, -0.15) is 0 Å². The normalized spacial score (nSPS) is 16.7. The summed E-state index contributed by atoms with van der Waals surface area (Å²) in [4.78, 5) is 27.3. The van der Waals surface area contributed by atoms with E-state index in [9.17, 15) is 9.59 Å². The van der Waals surface area contributed by atoms with Gasteiger partial charge in [0.05, 0.1) is 0 Å². The monoisotopic (exact) mass is 298 g/mol. The Morgan fingerprint density at radius 1 is 1.24 bits per heavy atom. The smallest absolute Gasteiger partial charge is 0.410 e. The van der Waals surface area contributed by atoms with Gasteiger partial charge in [-0.3, -0.25) is 4.79 Å². The third-order valence-electron chi connectivity index (χ3n) is 3.74. The lowest BCUT2D eigenvalue weighted by Crippen LogP contribution is -2.45. The second kappa shape index (κ2) is 7.66. The molecule has 0 N–H and O–H groups in total. The highest BCUT2D eigenvalue weighted by molar-refractivity contribution is 5.82. The van der Waals surface area contributed by atoms with Gasteiger partial charge in [-0.25, -0.2) is 4.79 Å². The van der Waals surface area contributed by atoms with Crippen LogP contribution in [0, 0.1) is 5.92 Å². The van der Waals surface area contributed by atoms with Gasteiger partial charge < -0.3 is 14.5 Å². The van der Waals surface area contributed by atoms with Crippen LogP contribution < -0.4 is 0 Å². The molecule has 0 radical (unpaired) electrons. The van der Waals surface area contributed by atoms with Crippen molar-refractivity contribution in [1.82, 2.24) is 9.80 Å². The molecule has 0 aromatic rings. The minimum atomic E-state index is -0.535. The zero-order chi connectivity index (χ0) is 16.0. The Morgan fingerprint density at radius 2 is 1.81 bits per heavy atom. The molecule has 2 amide bonds. The van der Waals surface area contributed by atoms with E-state index in [2.05, 4.69) is 6.92 Å². The van der Waals surface area contributed by atoms with E-state index in [1.54, 1.807) is 7.05 Å². The van der Waals surface area contributed by atoms with Gasteiger partial charge in [0.25, 0.3) is 0 Å². The Hall–Kier alpha value is -1.26. The van der Waals surface area contributed by atoms with Crippen molar-refractivity contribution in [1.29, 1.82) is 0 Å². The molecule has 122 valence electrons. The van der Waals surface area contributed by atoms with Gasteiger partial charge in [0.15, 0.2) is 0 Å². The number of hydrogen-bond acceptors (Lipinski definition) is 3. The fraction of sp³-hybridized carbons (Fsp3) is 0.875. The minimum absolute atomic E-state index is 0.0123. The molecule has 0 spiro atoms. The quantitative estimate of drug-likeness (QED) is 0.802. The van der Waals surface area contributed by atoms with E-state index in [0.29, 0.717) is 0 Å². The van der Waals surface area contributed by atoms with Crippen molar-refractivity contribution < 1.29 is 14.3 Å². The van der Waals surface area contributed by atoms with E-state index >= 15 is 0 Å². The Balaban J connectivity index is 2.38. The van der Waals surface area contributed by atoms with Gasteiger partial charge in [-0.15, -0.1) is 0 Å². The van der Waals surface area contributed by atoms with E-state index < -0.39 is 11.7 Å². The maximum absolute atomic E-state index is 12.2. The van der Waals surface area contributed by atoms with Crippen molar-refractivity contribution >= 4 is 12.0 Å². The lowest BCUT2D eigenvalue weighted by atomic mass is 9.92. The summed E-state index contributed by atoms with van der Waals surface area (Å²) in [5.74, 6) is 0.765. The molecule has 1 saturated heterocycles. The molecule has 0 bridgehead atoms. The van der Waals surface area contributed by atoms with Crippen molar-refractivity contribution in [3.05, 3.63) is 0 Å². The van der Waals surface area contributed by atoms with Crippen LogP contribution >= 0.6 is 0 Å². The van der Waals surface area contributed by atoms with Gasteiger partial charge >= 0.3 is 6.09 Å². The first kappa shape index (κ1) is 17.8. The molecule has 5 nitrogen and oxygen atoms in total. The lowest BCUT2D eigenvalue weighted by Gasteiger charge is -2.33. The molecule has 0 aromatic carbocycles. The molecule has 1 aliphatic heterocycles. The molecule has 0 saturated carbocycles. The zero-order valence-corrected chi connectivity index (χ0v) is 14.1. The topological polar surface area (TPSA) is 49.9 Å². The summed E-state index contributed by atoms with van der Waals surface area (Å²) in [7, 11) is 1.61. The van der Waals surface area contributed by atoms with Crippen molar-refractivity contribution in [3.63, 3.8) is 0 Å². The van der Waals surface area contributed by atoms with Crippen LogP contribution in [0.25, 0.3) is 0 Å². The number of likely N-dealkylation sites (N-methyl/N-ethyl adjacent to an activating group) is 1. The average molecular weight is 298 g/mol. The van der Waals surface area contributed by atoms with Crippen molar-refractivity contribution in [2.75, 3.05) is 26.7 Å². The van der Waals surface area contributed by atoms with Crippen molar-refractivity contribution in [2.24, 2.45) is 5.92 Å². The predicted molar refractivity (Wildman–Crippen MR) is 83.1 cm³/mol. The van der Waals surface area contributed by atoms with Crippen LogP contribution in [0.4, 0.5) is 4.79 Å². The van der Waals surface area contributed by atoms with Gasteiger partial charge in [-0.1, -0.05) is 19.8 Å². The summed E-state index contributed by atoms with van der Waals surface area (Å²) in [5, 5.41) is 0. The van der Waals surface area contributed by atoms with Crippen LogP contribution in [0.2, 0.25) is 0 Å². The number of ether oxygens (including phenoxy) is 1. The summed E-state index contributed by atoms with van der Waals surface area (Å²) in [6.45, 7) is 9.37. The molecule has 1 heterocycles. The fourth-order valence-electron chi connectivity index (χ4n) is 2.59. The van der Waals surface area contributed by atoms with E-state index in [1.165, 1.54) is 17.7 Å². The van der Waals surface area contributed by atoms with Crippen LogP contribution in [0.1, 0.15) is 53.4 Å². The first-order chi connectivity index (χ1) is 9.73. The summed E-state index contributed by atoms with van der Waals surface area (Å²) in [6.07, 6.45) is 4.17. The van der Waals surface area contributed by atoms with Crippen LogP contribution in [-0.4, -0.2) is 54.1 Å². The van der Waals surface area contributed by atoms with E-state index in [4.69, 9.17) is 4.74 Å². The van der Waals surface area contributed by atoms with Crippen LogP contribution in [-0.2, 0) is 9.53 Å². The average Bonchev–Trinajstić information content (AvgIpc) is 2.37. The molecule has 5 heteroatoms. The van der Waals surface area contributed by atoms with Crippen LogP contribution in [0.5, 0.6) is 0 Å². The van der Waals surface area contributed by atoms with Crippen molar-refractivity contribution in [3.8, 4) is 0 Å². The maximum Gasteiger partial charge on any atom is 0.410 e. The van der Waals surface area contributed by atoms with Gasteiger partial charge in [0, 0.05) is 20.1 Å². The third-order valence-corrected chi connectivity index (χ3v) is 3.74. The molecule has 0 aromatic heterocycles. The molecule has 21 heavy (non-hydrogen) atoms. The van der Waals surface area contributed by atoms with Gasteiger partial charge in [0.1, 0.15) is 12.1 Å². The summed E-state index contributed by atoms with van der Waals surface area (Å²) < 4.78 is 5.25. The van der Waals surface area contributed by atoms with Gasteiger partial charge in [0.2, 0.25) is 5.91 Å². The molecular formula is C16H30N2O3. The molecule has 1 rings (SSSR count). The number of amides is 2. The first-order valence-corrected chi connectivity index (χ1v) is 7.95. The zero-order valence-electron chi connectivity index (χ0n) is 14.1. The van der Waals surface area contributed by atoms with E-state index in [1.807, 2.05) is 25.7 Å². The second-order valence-electron chi connectivity index (χ2n) is 6.95. The molecule has 1 aliphatic rings. The highest BCUT2D eigenvalue weighted by Crippen LogP contribution is 2.21. The van der Waals surface area contributed by atoms with Crippen molar-refractivity contribution in [2.45, 2.75) is 59.0 Å². The predicted octanol–water partition coefficient (Wildman–Crippen LogP) is 2.89.